The van der Waals surface area contributed by atoms with E-state index in [0.29, 0.717) is 4.90 Å². The second-order valence-electron chi connectivity index (χ2n) is 5.36. The number of hydrogen-bond acceptors (Lipinski definition) is 2. The number of amides is 1. The zero-order valence-electron chi connectivity index (χ0n) is 12.0. The summed E-state index contributed by atoms with van der Waals surface area (Å²) in [5.41, 5.74) is -2.77. The van der Waals surface area contributed by atoms with Crippen LogP contribution in [0.5, 0.6) is 0 Å². The molecule has 0 aliphatic carbocycles. The molecule has 1 amide bonds. The van der Waals surface area contributed by atoms with E-state index < -0.39 is 23.6 Å². The molecular weight excluding hydrogens is 312 g/mol. The molecule has 7 heteroatoms. The minimum absolute atomic E-state index is 0.0524. The lowest BCUT2D eigenvalue weighted by molar-refractivity contribution is -0.172. The van der Waals surface area contributed by atoms with Crippen LogP contribution >= 0.6 is 0 Å². The third kappa shape index (κ3) is 2.32. The molecule has 120 valence electrons. The second kappa shape index (κ2) is 4.97. The van der Waals surface area contributed by atoms with E-state index in [1.807, 2.05) is 0 Å². The van der Waals surface area contributed by atoms with Gasteiger partial charge in [0.2, 0.25) is 5.66 Å². The van der Waals surface area contributed by atoms with E-state index in [2.05, 4.69) is 5.32 Å². The Bertz CT molecular complexity index is 760. The van der Waals surface area contributed by atoms with Gasteiger partial charge >= 0.3 is 6.18 Å². The summed E-state index contributed by atoms with van der Waals surface area (Å²) in [5, 5.41) is 2.33. The Morgan fingerprint density at radius 1 is 1.09 bits per heavy atom. The predicted molar refractivity (Wildman–Crippen MR) is 77.7 cm³/mol. The number of fused-ring (bicyclic) bond motifs is 1. The lowest BCUT2D eigenvalue weighted by Crippen LogP contribution is -2.66. The molecule has 0 saturated carbocycles. The molecule has 2 aromatic rings. The fourth-order valence-corrected chi connectivity index (χ4v) is 2.59. The normalized spacial score (nSPS) is 20.9. The zero-order valence-corrected chi connectivity index (χ0v) is 12.0. The van der Waals surface area contributed by atoms with Crippen molar-refractivity contribution >= 4 is 17.3 Å². The fourth-order valence-electron chi connectivity index (χ4n) is 2.59. The predicted octanol–water partition coefficient (Wildman–Crippen LogP) is 4.18. The topological polar surface area (TPSA) is 32.3 Å². The molecule has 1 N–H and O–H groups in total. The number of benzene rings is 2. The molecule has 1 atom stereocenters. The van der Waals surface area contributed by atoms with Gasteiger partial charge in [-0.25, -0.2) is 4.39 Å². The van der Waals surface area contributed by atoms with Crippen LogP contribution in [0.15, 0.2) is 48.5 Å². The number of alkyl halides is 3. The van der Waals surface area contributed by atoms with Gasteiger partial charge < -0.3 is 5.32 Å². The van der Waals surface area contributed by atoms with Gasteiger partial charge in [-0.15, -0.1) is 0 Å². The minimum Gasteiger partial charge on any atom is -0.354 e. The summed E-state index contributed by atoms with van der Waals surface area (Å²) in [6.07, 6.45) is -4.75. The summed E-state index contributed by atoms with van der Waals surface area (Å²) in [5.74, 6) is -1.60. The maximum atomic E-state index is 13.7. The average molecular weight is 324 g/mol. The average Bonchev–Trinajstić information content (AvgIpc) is 2.48. The standard InChI is InChI=1S/C16H12F4N2O/c1-15(16(18,19)20)21-13-8-7-10(17)9-12(13)14(23)22(15)11-5-3-2-4-6-11/h2-9,21H,1H3. The third-order valence-corrected chi connectivity index (χ3v) is 3.81. The number of anilines is 2. The number of nitrogens with zero attached hydrogens (tertiary/aromatic N) is 1. The Morgan fingerprint density at radius 3 is 2.35 bits per heavy atom. The highest BCUT2D eigenvalue weighted by Crippen LogP contribution is 2.43. The van der Waals surface area contributed by atoms with Crippen LogP contribution in [0.3, 0.4) is 0 Å². The molecule has 1 unspecified atom stereocenters. The monoisotopic (exact) mass is 324 g/mol. The van der Waals surface area contributed by atoms with Crippen molar-refractivity contribution in [3.8, 4) is 0 Å². The van der Waals surface area contributed by atoms with E-state index in [0.717, 1.165) is 25.1 Å². The maximum absolute atomic E-state index is 13.7. The molecule has 0 bridgehead atoms. The first-order valence-electron chi connectivity index (χ1n) is 6.78. The molecule has 1 aliphatic rings. The molecule has 23 heavy (non-hydrogen) atoms. The molecule has 1 aliphatic heterocycles. The van der Waals surface area contributed by atoms with Gasteiger partial charge in [0.25, 0.3) is 5.91 Å². The van der Waals surface area contributed by atoms with Crippen molar-refractivity contribution < 1.29 is 22.4 Å². The van der Waals surface area contributed by atoms with Crippen molar-refractivity contribution in [1.82, 2.24) is 0 Å². The van der Waals surface area contributed by atoms with Gasteiger partial charge in [0, 0.05) is 11.4 Å². The highest BCUT2D eigenvalue weighted by Gasteiger charge is 2.60. The summed E-state index contributed by atoms with van der Waals surface area (Å²) in [4.78, 5) is 13.3. The van der Waals surface area contributed by atoms with Crippen LogP contribution in [-0.2, 0) is 0 Å². The Morgan fingerprint density at radius 2 is 1.74 bits per heavy atom. The number of hydrogen-bond donors (Lipinski definition) is 1. The van der Waals surface area contributed by atoms with E-state index in [-0.39, 0.29) is 16.9 Å². The van der Waals surface area contributed by atoms with Crippen LogP contribution < -0.4 is 10.2 Å². The van der Waals surface area contributed by atoms with E-state index in [9.17, 15) is 22.4 Å². The van der Waals surface area contributed by atoms with E-state index in [1.165, 1.54) is 24.3 Å². The summed E-state index contributed by atoms with van der Waals surface area (Å²) < 4.78 is 54.4. The van der Waals surface area contributed by atoms with Gasteiger partial charge in [-0.3, -0.25) is 9.69 Å². The van der Waals surface area contributed by atoms with E-state index >= 15 is 0 Å². The maximum Gasteiger partial charge on any atom is 0.430 e. The largest absolute Gasteiger partial charge is 0.430 e. The van der Waals surface area contributed by atoms with E-state index in [4.69, 9.17) is 0 Å². The van der Waals surface area contributed by atoms with Gasteiger partial charge in [0.1, 0.15) is 5.82 Å². The van der Waals surface area contributed by atoms with Gasteiger partial charge in [0.15, 0.2) is 0 Å². The first-order chi connectivity index (χ1) is 10.7. The van der Waals surface area contributed by atoms with Crippen LogP contribution in [0.2, 0.25) is 0 Å². The SMILES string of the molecule is CC1(C(F)(F)F)Nc2ccc(F)cc2C(=O)N1c1ccccc1. The summed E-state index contributed by atoms with van der Waals surface area (Å²) in [6, 6.07) is 10.5. The Labute approximate surface area is 129 Å². The smallest absolute Gasteiger partial charge is 0.354 e. The molecule has 3 rings (SSSR count). The summed E-state index contributed by atoms with van der Waals surface area (Å²) in [6.45, 7) is 0.879. The number of para-hydroxylation sites is 1. The van der Waals surface area contributed by atoms with Crippen LogP contribution in [0, 0.1) is 5.82 Å². The van der Waals surface area contributed by atoms with Crippen molar-refractivity contribution in [1.29, 1.82) is 0 Å². The molecule has 0 spiro atoms. The first kappa shape index (κ1) is 15.3. The van der Waals surface area contributed by atoms with Gasteiger partial charge in [0.05, 0.1) is 5.56 Å². The Hall–Kier alpha value is -2.57. The van der Waals surface area contributed by atoms with Gasteiger partial charge in [-0.2, -0.15) is 13.2 Å². The summed E-state index contributed by atoms with van der Waals surface area (Å²) >= 11 is 0. The molecule has 0 fully saturated rings. The lowest BCUT2D eigenvalue weighted by atomic mass is 9.99. The molecule has 1 heterocycles. The third-order valence-electron chi connectivity index (χ3n) is 3.81. The van der Waals surface area contributed by atoms with Crippen molar-refractivity contribution in [2.45, 2.75) is 18.8 Å². The number of halogens is 4. The Balaban J connectivity index is 2.23. The van der Waals surface area contributed by atoms with Crippen LogP contribution in [0.25, 0.3) is 0 Å². The lowest BCUT2D eigenvalue weighted by Gasteiger charge is -2.46. The van der Waals surface area contributed by atoms with Crippen LogP contribution in [0.4, 0.5) is 28.9 Å². The van der Waals surface area contributed by atoms with Crippen molar-refractivity contribution in [3.63, 3.8) is 0 Å². The van der Waals surface area contributed by atoms with Crippen molar-refractivity contribution in [2.75, 3.05) is 10.2 Å². The fraction of sp³-hybridized carbons (Fsp3) is 0.188. The van der Waals surface area contributed by atoms with Gasteiger partial charge in [-0.1, -0.05) is 18.2 Å². The molecular formula is C16H12F4N2O. The number of carbonyl (C=O) groups excluding carboxylic acids is 1. The minimum atomic E-state index is -4.75. The highest BCUT2D eigenvalue weighted by atomic mass is 19.4. The molecule has 0 radical (unpaired) electrons. The number of rotatable bonds is 1. The van der Waals surface area contributed by atoms with Crippen molar-refractivity contribution in [3.05, 3.63) is 59.9 Å². The number of nitrogens with one attached hydrogen (secondary N) is 1. The van der Waals surface area contributed by atoms with Crippen LogP contribution in [-0.4, -0.2) is 17.7 Å². The molecule has 0 saturated heterocycles. The molecule has 2 aromatic carbocycles. The second-order valence-corrected chi connectivity index (χ2v) is 5.36. The highest BCUT2D eigenvalue weighted by molar-refractivity contribution is 6.12. The van der Waals surface area contributed by atoms with Crippen LogP contribution in [0.1, 0.15) is 17.3 Å². The first-order valence-corrected chi connectivity index (χ1v) is 6.78. The van der Waals surface area contributed by atoms with Gasteiger partial charge in [-0.05, 0) is 37.3 Å². The zero-order chi connectivity index (χ0) is 16.8. The van der Waals surface area contributed by atoms with E-state index in [1.54, 1.807) is 6.07 Å². The van der Waals surface area contributed by atoms with Crippen molar-refractivity contribution in [2.24, 2.45) is 0 Å². The quantitative estimate of drug-likeness (QED) is 0.798. The molecule has 0 aromatic heterocycles. The molecule has 3 nitrogen and oxygen atoms in total. The number of carbonyl (C=O) groups is 1. The summed E-state index contributed by atoms with van der Waals surface area (Å²) in [7, 11) is 0. The Kier molecular flexibility index (Phi) is 3.31.